The van der Waals surface area contributed by atoms with Crippen LogP contribution in [-0.4, -0.2) is 34.7 Å². The summed E-state index contributed by atoms with van der Waals surface area (Å²) in [5, 5.41) is 0. The Labute approximate surface area is 112 Å². The minimum absolute atomic E-state index is 0.206. The summed E-state index contributed by atoms with van der Waals surface area (Å²) in [6.45, 7) is 9.08. The van der Waals surface area contributed by atoms with E-state index in [9.17, 15) is 4.79 Å². The van der Waals surface area contributed by atoms with Crippen molar-refractivity contribution in [2.24, 2.45) is 11.8 Å². The molecular formula is C14H20N2O3. The van der Waals surface area contributed by atoms with E-state index in [-0.39, 0.29) is 6.09 Å². The number of aryl methyl sites for hydroxylation is 1. The van der Waals surface area contributed by atoms with Crippen molar-refractivity contribution in [1.29, 1.82) is 0 Å². The average Bonchev–Trinajstić information content (AvgIpc) is 2.67. The van der Waals surface area contributed by atoms with Gasteiger partial charge >= 0.3 is 6.09 Å². The third-order valence-corrected chi connectivity index (χ3v) is 3.77. The molecule has 1 saturated heterocycles. The van der Waals surface area contributed by atoms with Crippen LogP contribution in [0.3, 0.4) is 0 Å². The molecule has 1 aliphatic carbocycles. The number of piperidine rings is 1. The fourth-order valence-corrected chi connectivity index (χ4v) is 2.89. The average molecular weight is 264 g/mol. The van der Waals surface area contributed by atoms with Crippen LogP contribution in [0.15, 0.2) is 10.6 Å². The van der Waals surface area contributed by atoms with Crippen molar-refractivity contribution in [1.82, 2.24) is 9.88 Å². The van der Waals surface area contributed by atoms with Crippen LogP contribution >= 0.6 is 0 Å². The molecule has 1 aromatic rings. The van der Waals surface area contributed by atoms with Crippen LogP contribution in [0.5, 0.6) is 0 Å². The molecule has 104 valence electrons. The molecule has 1 unspecified atom stereocenters. The van der Waals surface area contributed by atoms with Gasteiger partial charge in [-0.3, -0.25) is 0 Å². The Kier molecular flexibility index (Phi) is 2.62. The lowest BCUT2D eigenvalue weighted by Gasteiger charge is -2.25. The largest absolute Gasteiger partial charge is 0.446 e. The standard InChI is InChI=1S/C14H20N2O3/c1-8-5-15-12(18-8)11-9-6-16(7-10(9)11)13(17)19-14(2,3)4/h5,9-11H,6-7H2,1-4H3/t9-,10+,11?. The van der Waals surface area contributed by atoms with Gasteiger partial charge in [0.05, 0.1) is 6.20 Å². The molecule has 0 N–H and O–H groups in total. The second kappa shape index (κ2) is 3.99. The quantitative estimate of drug-likeness (QED) is 0.782. The first kappa shape index (κ1) is 12.5. The minimum atomic E-state index is -0.428. The van der Waals surface area contributed by atoms with E-state index >= 15 is 0 Å². The van der Waals surface area contributed by atoms with E-state index in [2.05, 4.69) is 4.98 Å². The van der Waals surface area contributed by atoms with E-state index in [1.165, 1.54) is 0 Å². The fraction of sp³-hybridized carbons (Fsp3) is 0.714. The summed E-state index contributed by atoms with van der Waals surface area (Å²) >= 11 is 0. The van der Waals surface area contributed by atoms with Crippen LogP contribution in [0.25, 0.3) is 0 Å². The number of carbonyl (C=O) groups is 1. The topological polar surface area (TPSA) is 55.6 Å². The van der Waals surface area contributed by atoms with Crippen molar-refractivity contribution in [2.45, 2.75) is 39.2 Å². The molecular weight excluding hydrogens is 244 g/mol. The molecule has 2 fully saturated rings. The van der Waals surface area contributed by atoms with Crippen LogP contribution in [0.1, 0.15) is 38.3 Å². The molecule has 5 heteroatoms. The molecule has 19 heavy (non-hydrogen) atoms. The van der Waals surface area contributed by atoms with Gasteiger partial charge in [0.2, 0.25) is 0 Å². The van der Waals surface area contributed by atoms with Gasteiger partial charge in [0.15, 0.2) is 5.89 Å². The highest BCUT2D eigenvalue weighted by atomic mass is 16.6. The zero-order valence-corrected chi connectivity index (χ0v) is 11.8. The molecule has 0 aromatic carbocycles. The van der Waals surface area contributed by atoms with Crippen molar-refractivity contribution >= 4 is 6.09 Å². The summed E-state index contributed by atoms with van der Waals surface area (Å²) in [7, 11) is 0. The van der Waals surface area contributed by atoms with Gasteiger partial charge in [-0.25, -0.2) is 9.78 Å². The van der Waals surface area contributed by atoms with Gasteiger partial charge in [-0.2, -0.15) is 0 Å². The molecule has 3 rings (SSSR count). The van der Waals surface area contributed by atoms with Crippen LogP contribution in [-0.2, 0) is 4.74 Å². The van der Waals surface area contributed by atoms with Crippen molar-refractivity contribution < 1.29 is 13.9 Å². The maximum atomic E-state index is 11.9. The number of aromatic nitrogens is 1. The summed E-state index contributed by atoms with van der Waals surface area (Å²) < 4.78 is 11.0. The number of fused-ring (bicyclic) bond motifs is 1. The monoisotopic (exact) mass is 264 g/mol. The zero-order valence-electron chi connectivity index (χ0n) is 11.8. The van der Waals surface area contributed by atoms with Crippen molar-refractivity contribution in [3.63, 3.8) is 0 Å². The van der Waals surface area contributed by atoms with E-state index < -0.39 is 5.60 Å². The number of amides is 1. The van der Waals surface area contributed by atoms with Gasteiger partial charge in [0.1, 0.15) is 11.4 Å². The van der Waals surface area contributed by atoms with Gasteiger partial charge in [-0.15, -0.1) is 0 Å². The lowest BCUT2D eigenvalue weighted by atomic mass is 10.2. The van der Waals surface area contributed by atoms with Gasteiger partial charge in [-0.05, 0) is 39.5 Å². The number of ether oxygens (including phenoxy) is 1. The molecule has 5 nitrogen and oxygen atoms in total. The van der Waals surface area contributed by atoms with Crippen molar-refractivity contribution in [3.8, 4) is 0 Å². The summed E-state index contributed by atoms with van der Waals surface area (Å²) in [5.74, 6) is 3.06. The van der Waals surface area contributed by atoms with E-state index in [0.29, 0.717) is 17.8 Å². The van der Waals surface area contributed by atoms with Crippen molar-refractivity contribution in [2.75, 3.05) is 13.1 Å². The Balaban J connectivity index is 1.57. The highest BCUT2D eigenvalue weighted by molar-refractivity contribution is 5.69. The third-order valence-electron chi connectivity index (χ3n) is 3.77. The SMILES string of the molecule is Cc1cnc(C2[C@H]3CN(C(=O)OC(C)(C)C)C[C@@H]23)o1. The molecule has 1 aromatic heterocycles. The normalized spacial score (nSPS) is 29.3. The smallest absolute Gasteiger partial charge is 0.410 e. The molecule has 0 radical (unpaired) electrons. The summed E-state index contributed by atoms with van der Waals surface area (Å²) in [4.78, 5) is 18.0. The number of hydrogen-bond acceptors (Lipinski definition) is 4. The van der Waals surface area contributed by atoms with E-state index in [1.807, 2.05) is 27.7 Å². The first-order valence-electron chi connectivity index (χ1n) is 6.75. The molecule has 1 saturated carbocycles. The van der Waals surface area contributed by atoms with Gasteiger partial charge in [0.25, 0.3) is 0 Å². The number of rotatable bonds is 1. The molecule has 3 atom stereocenters. The lowest BCUT2D eigenvalue weighted by Crippen LogP contribution is -2.36. The Morgan fingerprint density at radius 1 is 1.42 bits per heavy atom. The number of carbonyl (C=O) groups excluding carboxylic acids is 1. The number of likely N-dealkylation sites (tertiary alicyclic amines) is 1. The molecule has 1 aliphatic heterocycles. The molecule has 0 spiro atoms. The minimum Gasteiger partial charge on any atom is -0.446 e. The molecule has 0 bridgehead atoms. The first-order valence-corrected chi connectivity index (χ1v) is 6.75. The van der Waals surface area contributed by atoms with Crippen LogP contribution in [0, 0.1) is 18.8 Å². The summed E-state index contributed by atoms with van der Waals surface area (Å²) in [6.07, 6.45) is 1.55. The van der Waals surface area contributed by atoms with Gasteiger partial charge in [0, 0.05) is 19.0 Å². The second-order valence-electron chi connectivity index (χ2n) is 6.55. The third kappa shape index (κ3) is 2.33. The van der Waals surface area contributed by atoms with E-state index in [1.54, 1.807) is 11.1 Å². The van der Waals surface area contributed by atoms with E-state index in [0.717, 1.165) is 24.7 Å². The number of oxazole rings is 1. The molecule has 2 aliphatic rings. The Morgan fingerprint density at radius 3 is 2.53 bits per heavy atom. The number of hydrogen-bond donors (Lipinski definition) is 0. The Hall–Kier alpha value is -1.52. The lowest BCUT2D eigenvalue weighted by molar-refractivity contribution is 0.0269. The van der Waals surface area contributed by atoms with Crippen molar-refractivity contribution in [3.05, 3.63) is 17.8 Å². The maximum absolute atomic E-state index is 11.9. The highest BCUT2D eigenvalue weighted by Crippen LogP contribution is 2.57. The van der Waals surface area contributed by atoms with E-state index in [4.69, 9.17) is 9.15 Å². The Bertz CT molecular complexity index is 491. The van der Waals surface area contributed by atoms with Gasteiger partial charge < -0.3 is 14.1 Å². The fourth-order valence-electron chi connectivity index (χ4n) is 2.89. The molecule has 1 amide bonds. The van der Waals surface area contributed by atoms with Crippen LogP contribution in [0.4, 0.5) is 4.79 Å². The number of nitrogens with zero attached hydrogens (tertiary/aromatic N) is 2. The van der Waals surface area contributed by atoms with Crippen LogP contribution in [0.2, 0.25) is 0 Å². The second-order valence-corrected chi connectivity index (χ2v) is 6.55. The predicted octanol–water partition coefficient (Wildman–Crippen LogP) is 2.56. The zero-order chi connectivity index (χ0) is 13.8. The van der Waals surface area contributed by atoms with Crippen LogP contribution < -0.4 is 0 Å². The molecule has 2 heterocycles. The maximum Gasteiger partial charge on any atom is 0.410 e. The summed E-state index contributed by atoms with van der Waals surface area (Å²) in [6, 6.07) is 0. The predicted molar refractivity (Wildman–Crippen MR) is 68.8 cm³/mol. The first-order chi connectivity index (χ1) is 8.85. The summed E-state index contributed by atoms with van der Waals surface area (Å²) in [5.41, 5.74) is -0.428. The Morgan fingerprint density at radius 2 is 2.05 bits per heavy atom. The highest BCUT2D eigenvalue weighted by Gasteiger charge is 2.60. The van der Waals surface area contributed by atoms with Gasteiger partial charge in [-0.1, -0.05) is 0 Å².